The van der Waals surface area contributed by atoms with Gasteiger partial charge in [-0.25, -0.2) is 0 Å². The lowest BCUT2D eigenvalue weighted by molar-refractivity contribution is -0.141. The van der Waals surface area contributed by atoms with E-state index in [2.05, 4.69) is 11.0 Å². The molecule has 0 aromatic heterocycles. The third-order valence-electron chi connectivity index (χ3n) is 3.94. The molecule has 0 spiro atoms. The summed E-state index contributed by atoms with van der Waals surface area (Å²) in [5.74, 6) is -0.00905. The zero-order valence-corrected chi connectivity index (χ0v) is 10.8. The van der Waals surface area contributed by atoms with E-state index in [1.54, 1.807) is 13.8 Å². The third kappa shape index (κ3) is 2.44. The molecular weight excluding hydrogens is 214 g/mol. The predicted octanol–water partition coefficient (Wildman–Crippen LogP) is 1.23. The molecule has 2 aliphatic rings. The molecule has 2 saturated heterocycles. The number of fused-ring (bicyclic) bond motifs is 1. The smallest absolute Gasteiger partial charge is 0.242 e. The van der Waals surface area contributed by atoms with E-state index in [1.165, 1.54) is 25.8 Å². The fourth-order valence-electron chi connectivity index (χ4n) is 2.78. The molecule has 94 valence electrons. The van der Waals surface area contributed by atoms with Crippen LogP contribution in [-0.2, 0) is 4.79 Å². The van der Waals surface area contributed by atoms with Crippen LogP contribution in [0.2, 0.25) is 0 Å². The Kier molecular flexibility index (Phi) is 3.39. The number of nitrogens with zero attached hydrogens (tertiary/aromatic N) is 3. The molecule has 0 N–H and O–H groups in total. The van der Waals surface area contributed by atoms with Gasteiger partial charge in [0.1, 0.15) is 5.41 Å². The zero-order chi connectivity index (χ0) is 12.5. The van der Waals surface area contributed by atoms with Crippen molar-refractivity contribution >= 4 is 5.91 Å². The van der Waals surface area contributed by atoms with Crippen LogP contribution in [-0.4, -0.2) is 47.9 Å². The van der Waals surface area contributed by atoms with E-state index in [0.29, 0.717) is 6.04 Å². The Labute approximate surface area is 103 Å². The minimum Gasteiger partial charge on any atom is -0.338 e. The van der Waals surface area contributed by atoms with Crippen molar-refractivity contribution in [1.29, 1.82) is 5.26 Å². The quantitative estimate of drug-likeness (QED) is 0.687. The van der Waals surface area contributed by atoms with Crippen molar-refractivity contribution in [2.45, 2.75) is 39.2 Å². The van der Waals surface area contributed by atoms with Gasteiger partial charge in [0.25, 0.3) is 0 Å². The molecule has 4 nitrogen and oxygen atoms in total. The molecule has 1 amide bonds. The number of nitriles is 1. The summed E-state index contributed by atoms with van der Waals surface area (Å²) in [5, 5.41) is 9.02. The molecule has 0 radical (unpaired) electrons. The minimum atomic E-state index is -0.878. The average molecular weight is 235 g/mol. The first kappa shape index (κ1) is 12.4. The number of carbonyl (C=O) groups excluding carboxylic acids is 1. The van der Waals surface area contributed by atoms with E-state index >= 15 is 0 Å². The monoisotopic (exact) mass is 235 g/mol. The van der Waals surface area contributed by atoms with Crippen LogP contribution >= 0.6 is 0 Å². The molecule has 0 aromatic carbocycles. The van der Waals surface area contributed by atoms with Gasteiger partial charge < -0.3 is 4.90 Å². The van der Waals surface area contributed by atoms with E-state index in [-0.39, 0.29) is 5.91 Å². The summed E-state index contributed by atoms with van der Waals surface area (Å²) in [5.41, 5.74) is -0.878. The summed E-state index contributed by atoms with van der Waals surface area (Å²) in [6.07, 6.45) is 3.75. The van der Waals surface area contributed by atoms with Crippen molar-refractivity contribution in [3.8, 4) is 6.07 Å². The van der Waals surface area contributed by atoms with Gasteiger partial charge in [0, 0.05) is 25.7 Å². The van der Waals surface area contributed by atoms with Crippen LogP contribution in [0.3, 0.4) is 0 Å². The van der Waals surface area contributed by atoms with Crippen LogP contribution in [0, 0.1) is 16.7 Å². The van der Waals surface area contributed by atoms with E-state index in [1.807, 2.05) is 4.90 Å². The maximum Gasteiger partial charge on any atom is 0.242 e. The second-order valence-electron chi connectivity index (χ2n) is 5.67. The van der Waals surface area contributed by atoms with E-state index in [0.717, 1.165) is 19.6 Å². The maximum atomic E-state index is 12.2. The Morgan fingerprint density at radius 3 is 2.76 bits per heavy atom. The molecular formula is C13H21N3O. The number of rotatable bonds is 1. The van der Waals surface area contributed by atoms with Gasteiger partial charge in [0.2, 0.25) is 5.91 Å². The van der Waals surface area contributed by atoms with E-state index in [4.69, 9.17) is 5.26 Å². The van der Waals surface area contributed by atoms with Crippen LogP contribution in [0.1, 0.15) is 33.1 Å². The van der Waals surface area contributed by atoms with Crippen molar-refractivity contribution in [3.63, 3.8) is 0 Å². The van der Waals surface area contributed by atoms with Gasteiger partial charge >= 0.3 is 0 Å². The SMILES string of the molecule is CC(C)(C#N)C(=O)N1CCN2CCCCC2C1. The molecule has 0 saturated carbocycles. The fourth-order valence-corrected chi connectivity index (χ4v) is 2.78. The summed E-state index contributed by atoms with van der Waals surface area (Å²) in [7, 11) is 0. The highest BCUT2D eigenvalue weighted by molar-refractivity contribution is 5.84. The van der Waals surface area contributed by atoms with Crippen molar-refractivity contribution < 1.29 is 4.79 Å². The lowest BCUT2D eigenvalue weighted by Crippen LogP contribution is -2.58. The van der Waals surface area contributed by atoms with Crippen LogP contribution in [0.5, 0.6) is 0 Å². The highest BCUT2D eigenvalue weighted by atomic mass is 16.2. The van der Waals surface area contributed by atoms with Gasteiger partial charge in [-0.1, -0.05) is 6.42 Å². The van der Waals surface area contributed by atoms with Crippen LogP contribution in [0.25, 0.3) is 0 Å². The number of carbonyl (C=O) groups is 1. The van der Waals surface area contributed by atoms with Gasteiger partial charge in [-0.05, 0) is 33.2 Å². The Morgan fingerprint density at radius 1 is 1.29 bits per heavy atom. The molecule has 2 fully saturated rings. The fraction of sp³-hybridized carbons (Fsp3) is 0.846. The molecule has 1 unspecified atom stereocenters. The molecule has 2 rings (SSSR count). The Hall–Kier alpha value is -1.08. The van der Waals surface area contributed by atoms with Crippen molar-refractivity contribution in [3.05, 3.63) is 0 Å². The summed E-state index contributed by atoms with van der Waals surface area (Å²) in [4.78, 5) is 16.6. The molecule has 17 heavy (non-hydrogen) atoms. The minimum absolute atomic E-state index is 0.00905. The summed E-state index contributed by atoms with van der Waals surface area (Å²) >= 11 is 0. The highest BCUT2D eigenvalue weighted by Crippen LogP contribution is 2.24. The van der Waals surface area contributed by atoms with Crippen molar-refractivity contribution in [1.82, 2.24) is 9.80 Å². The van der Waals surface area contributed by atoms with Crippen LogP contribution in [0.4, 0.5) is 0 Å². The first-order valence-electron chi connectivity index (χ1n) is 6.49. The molecule has 4 heteroatoms. The Bertz CT molecular complexity index is 345. The second kappa shape index (κ2) is 4.66. The second-order valence-corrected chi connectivity index (χ2v) is 5.67. The van der Waals surface area contributed by atoms with Gasteiger partial charge in [-0.3, -0.25) is 9.69 Å². The van der Waals surface area contributed by atoms with Gasteiger partial charge in [0.05, 0.1) is 6.07 Å². The number of hydrogen-bond donors (Lipinski definition) is 0. The first-order valence-corrected chi connectivity index (χ1v) is 6.49. The normalized spacial score (nSPS) is 26.2. The molecule has 0 aromatic rings. The number of piperidine rings is 1. The van der Waals surface area contributed by atoms with Crippen molar-refractivity contribution in [2.24, 2.45) is 5.41 Å². The summed E-state index contributed by atoms with van der Waals surface area (Å²) < 4.78 is 0. The van der Waals surface area contributed by atoms with Crippen LogP contribution in [0.15, 0.2) is 0 Å². The Balaban J connectivity index is 2.01. The highest BCUT2D eigenvalue weighted by Gasteiger charge is 2.37. The molecule has 0 aliphatic carbocycles. The van der Waals surface area contributed by atoms with Crippen LogP contribution < -0.4 is 0 Å². The number of amides is 1. The number of hydrogen-bond acceptors (Lipinski definition) is 3. The van der Waals surface area contributed by atoms with Gasteiger partial charge in [0.15, 0.2) is 0 Å². The largest absolute Gasteiger partial charge is 0.338 e. The molecule has 1 atom stereocenters. The number of piperazine rings is 1. The third-order valence-corrected chi connectivity index (χ3v) is 3.94. The van der Waals surface area contributed by atoms with E-state index < -0.39 is 5.41 Å². The lowest BCUT2D eigenvalue weighted by atomic mass is 9.92. The standard InChI is InChI=1S/C13H21N3O/c1-13(2,10-14)12(17)16-8-7-15-6-4-3-5-11(15)9-16/h11H,3-9H2,1-2H3. The average Bonchev–Trinajstić information content (AvgIpc) is 2.37. The topological polar surface area (TPSA) is 47.3 Å². The van der Waals surface area contributed by atoms with Crippen molar-refractivity contribution in [2.75, 3.05) is 26.2 Å². The molecule has 2 heterocycles. The maximum absolute atomic E-state index is 12.2. The predicted molar refractivity (Wildman–Crippen MR) is 65.2 cm³/mol. The zero-order valence-electron chi connectivity index (χ0n) is 10.8. The van der Waals surface area contributed by atoms with Gasteiger partial charge in [-0.15, -0.1) is 0 Å². The summed E-state index contributed by atoms with van der Waals surface area (Å²) in [6, 6.07) is 2.63. The molecule has 2 aliphatic heterocycles. The molecule has 0 bridgehead atoms. The van der Waals surface area contributed by atoms with E-state index in [9.17, 15) is 4.79 Å². The first-order chi connectivity index (χ1) is 8.04. The lowest BCUT2D eigenvalue weighted by Gasteiger charge is -2.45. The van der Waals surface area contributed by atoms with Gasteiger partial charge in [-0.2, -0.15) is 5.26 Å². The summed E-state index contributed by atoms with van der Waals surface area (Å²) in [6.45, 7) is 7.15. The Morgan fingerprint density at radius 2 is 2.06 bits per heavy atom.